The molecule has 1 aromatic heterocycles. The van der Waals surface area contributed by atoms with E-state index in [1.165, 1.54) is 4.31 Å². The fraction of sp³-hybridized carbons (Fsp3) is 0.812. The summed E-state index contributed by atoms with van der Waals surface area (Å²) in [5.74, 6) is 0.172. The lowest BCUT2D eigenvalue weighted by molar-refractivity contribution is 0.285. The number of nitrogens with zero attached hydrogens (tertiary/aromatic N) is 5. The van der Waals surface area contributed by atoms with Gasteiger partial charge in [-0.25, -0.2) is 0 Å². The predicted molar refractivity (Wildman–Crippen MR) is 96.0 cm³/mol. The smallest absolute Gasteiger partial charge is 0.281 e. The molecule has 138 valence electrons. The van der Waals surface area contributed by atoms with Crippen LogP contribution < -0.4 is 0 Å². The molecule has 0 aromatic carbocycles. The third-order valence-electron chi connectivity index (χ3n) is 4.63. The van der Waals surface area contributed by atoms with Gasteiger partial charge in [-0.2, -0.15) is 22.1 Å². The monoisotopic (exact) mass is 357 g/mol. The fourth-order valence-electron chi connectivity index (χ4n) is 3.31. The van der Waals surface area contributed by atoms with Gasteiger partial charge in [0.05, 0.1) is 11.4 Å². The van der Waals surface area contributed by atoms with Crippen LogP contribution >= 0.6 is 0 Å². The van der Waals surface area contributed by atoms with Crippen LogP contribution in [0.15, 0.2) is 6.07 Å². The SMILES string of the molecule is CCN(CC)S(=O)(=O)N1CCC[C@@H](c2cc(CN(C)C)n(C)n2)C1. The highest BCUT2D eigenvalue weighted by Gasteiger charge is 2.33. The minimum Gasteiger partial charge on any atom is -0.304 e. The molecule has 0 bridgehead atoms. The first-order chi connectivity index (χ1) is 11.3. The largest absolute Gasteiger partial charge is 0.304 e. The molecule has 0 N–H and O–H groups in total. The van der Waals surface area contributed by atoms with Gasteiger partial charge < -0.3 is 4.90 Å². The number of hydrogen-bond acceptors (Lipinski definition) is 4. The summed E-state index contributed by atoms with van der Waals surface area (Å²) >= 11 is 0. The summed E-state index contributed by atoms with van der Waals surface area (Å²) in [7, 11) is 2.66. The van der Waals surface area contributed by atoms with Gasteiger partial charge in [0.25, 0.3) is 10.2 Å². The molecule has 1 aliphatic rings. The Morgan fingerprint density at radius 2 is 1.96 bits per heavy atom. The molecular weight excluding hydrogens is 326 g/mol. The third-order valence-corrected chi connectivity index (χ3v) is 6.79. The molecule has 8 heteroatoms. The predicted octanol–water partition coefficient (Wildman–Crippen LogP) is 1.25. The lowest BCUT2D eigenvalue weighted by Crippen LogP contribution is -2.47. The van der Waals surface area contributed by atoms with Gasteiger partial charge >= 0.3 is 0 Å². The number of aromatic nitrogens is 2. The Balaban J connectivity index is 2.16. The summed E-state index contributed by atoms with van der Waals surface area (Å²) in [5, 5.41) is 4.64. The van der Waals surface area contributed by atoms with Crippen LogP contribution in [-0.4, -0.2) is 72.0 Å². The van der Waals surface area contributed by atoms with Crippen molar-refractivity contribution in [3.63, 3.8) is 0 Å². The molecule has 0 radical (unpaired) electrons. The second-order valence-corrected chi connectivity index (χ2v) is 8.64. The Morgan fingerprint density at radius 1 is 1.29 bits per heavy atom. The zero-order valence-electron chi connectivity index (χ0n) is 15.6. The topological polar surface area (TPSA) is 61.7 Å². The number of aryl methyl sites for hydroxylation is 1. The Bertz CT molecular complexity index is 637. The van der Waals surface area contributed by atoms with Crippen molar-refractivity contribution in [3.05, 3.63) is 17.5 Å². The van der Waals surface area contributed by atoms with Crippen molar-refractivity contribution in [3.8, 4) is 0 Å². The van der Waals surface area contributed by atoms with Crippen LogP contribution in [0.1, 0.15) is 44.0 Å². The molecule has 7 nitrogen and oxygen atoms in total. The summed E-state index contributed by atoms with van der Waals surface area (Å²) in [5.41, 5.74) is 2.16. The van der Waals surface area contributed by atoms with Gasteiger partial charge in [0.15, 0.2) is 0 Å². The number of hydrogen-bond donors (Lipinski definition) is 0. The van der Waals surface area contributed by atoms with Crippen LogP contribution in [0, 0.1) is 0 Å². The molecular formula is C16H31N5O2S. The summed E-state index contributed by atoms with van der Waals surface area (Å²) in [6, 6.07) is 2.12. The van der Waals surface area contributed by atoms with Crippen LogP contribution in [0.2, 0.25) is 0 Å². The third kappa shape index (κ3) is 4.17. The molecule has 1 aliphatic heterocycles. The van der Waals surface area contributed by atoms with Crippen molar-refractivity contribution in [1.29, 1.82) is 0 Å². The molecule has 24 heavy (non-hydrogen) atoms. The van der Waals surface area contributed by atoms with Crippen molar-refractivity contribution >= 4 is 10.2 Å². The summed E-state index contributed by atoms with van der Waals surface area (Å²) in [6.07, 6.45) is 1.87. The summed E-state index contributed by atoms with van der Waals surface area (Å²) in [6.45, 7) is 6.75. The fourth-order valence-corrected chi connectivity index (χ4v) is 5.02. The highest BCUT2D eigenvalue weighted by atomic mass is 32.2. The minimum absolute atomic E-state index is 0.172. The van der Waals surface area contributed by atoms with Gasteiger partial charge in [-0.3, -0.25) is 4.68 Å². The van der Waals surface area contributed by atoms with Crippen LogP contribution in [-0.2, 0) is 23.8 Å². The van der Waals surface area contributed by atoms with E-state index in [4.69, 9.17) is 0 Å². The van der Waals surface area contributed by atoms with Crippen LogP contribution in [0.3, 0.4) is 0 Å². The molecule has 0 unspecified atom stereocenters. The van der Waals surface area contributed by atoms with Crippen molar-refractivity contribution in [2.24, 2.45) is 7.05 Å². The maximum absolute atomic E-state index is 12.8. The molecule has 0 saturated carbocycles. The zero-order valence-corrected chi connectivity index (χ0v) is 16.4. The van der Waals surface area contributed by atoms with Gasteiger partial charge in [0.1, 0.15) is 0 Å². The zero-order chi connectivity index (χ0) is 17.9. The van der Waals surface area contributed by atoms with Crippen molar-refractivity contribution < 1.29 is 8.42 Å². The average Bonchev–Trinajstić information content (AvgIpc) is 2.89. The molecule has 1 saturated heterocycles. The van der Waals surface area contributed by atoms with E-state index in [1.54, 1.807) is 4.31 Å². The van der Waals surface area contributed by atoms with E-state index in [-0.39, 0.29) is 5.92 Å². The molecule has 1 fully saturated rings. The van der Waals surface area contributed by atoms with Crippen LogP contribution in [0.5, 0.6) is 0 Å². The summed E-state index contributed by atoms with van der Waals surface area (Å²) in [4.78, 5) is 2.11. The highest BCUT2D eigenvalue weighted by Crippen LogP contribution is 2.29. The maximum atomic E-state index is 12.8. The van der Waals surface area contributed by atoms with Crippen molar-refractivity contribution in [2.75, 3.05) is 40.3 Å². The Morgan fingerprint density at radius 3 is 2.54 bits per heavy atom. The molecule has 0 aliphatic carbocycles. The number of piperidine rings is 1. The van der Waals surface area contributed by atoms with Gasteiger partial charge in [0, 0.05) is 45.7 Å². The minimum atomic E-state index is -3.36. The van der Waals surface area contributed by atoms with E-state index in [9.17, 15) is 8.42 Å². The summed E-state index contributed by atoms with van der Waals surface area (Å²) < 4.78 is 30.6. The van der Waals surface area contributed by atoms with Gasteiger partial charge in [-0.1, -0.05) is 13.8 Å². The second-order valence-electron chi connectivity index (χ2n) is 6.71. The Labute approximate surface area is 146 Å². The Hall–Kier alpha value is -0.960. The van der Waals surface area contributed by atoms with Crippen molar-refractivity contribution in [1.82, 2.24) is 23.3 Å². The first kappa shape index (κ1) is 19.4. The van der Waals surface area contributed by atoms with E-state index < -0.39 is 10.2 Å². The quantitative estimate of drug-likeness (QED) is 0.737. The highest BCUT2D eigenvalue weighted by molar-refractivity contribution is 7.86. The normalized spacial score (nSPS) is 20.2. The van der Waals surface area contributed by atoms with E-state index >= 15 is 0 Å². The van der Waals surface area contributed by atoms with Gasteiger partial charge in [-0.05, 0) is 33.0 Å². The van der Waals surface area contributed by atoms with Crippen molar-refractivity contribution in [2.45, 2.75) is 39.2 Å². The first-order valence-electron chi connectivity index (χ1n) is 8.72. The van der Waals surface area contributed by atoms with E-state index in [0.29, 0.717) is 26.2 Å². The standard InChI is InChI=1S/C16H31N5O2S/c1-6-20(7-2)24(22,23)21-10-8-9-14(12-21)16-11-15(13-18(3)4)19(5)17-16/h11,14H,6-10,12-13H2,1-5H3/t14-/m1/s1. The second kappa shape index (κ2) is 7.95. The van der Waals surface area contributed by atoms with E-state index in [2.05, 4.69) is 16.1 Å². The molecule has 2 rings (SSSR count). The van der Waals surface area contributed by atoms with E-state index in [1.807, 2.05) is 39.7 Å². The van der Waals surface area contributed by atoms with Gasteiger partial charge in [0.2, 0.25) is 0 Å². The number of rotatable bonds is 7. The Kier molecular flexibility index (Phi) is 6.41. The lowest BCUT2D eigenvalue weighted by atomic mass is 9.96. The molecule has 1 aromatic rings. The maximum Gasteiger partial charge on any atom is 0.281 e. The molecule has 1 atom stereocenters. The van der Waals surface area contributed by atoms with Gasteiger partial charge in [-0.15, -0.1) is 0 Å². The van der Waals surface area contributed by atoms with Crippen LogP contribution in [0.4, 0.5) is 0 Å². The molecule has 0 spiro atoms. The van der Waals surface area contributed by atoms with Crippen LogP contribution in [0.25, 0.3) is 0 Å². The average molecular weight is 358 g/mol. The van der Waals surface area contributed by atoms with E-state index in [0.717, 1.165) is 30.8 Å². The lowest BCUT2D eigenvalue weighted by Gasteiger charge is -2.34. The molecule has 2 heterocycles. The first-order valence-corrected chi connectivity index (χ1v) is 10.1. The molecule has 0 amide bonds.